The van der Waals surface area contributed by atoms with Crippen LogP contribution in [0.3, 0.4) is 0 Å². The molecule has 34 heavy (non-hydrogen) atoms. The number of carbonyl (C=O) groups is 3. The summed E-state index contributed by atoms with van der Waals surface area (Å²) in [6, 6.07) is 0.814. The number of hydrogen-bond acceptors (Lipinski definition) is 4. The molecule has 188 valence electrons. The summed E-state index contributed by atoms with van der Waals surface area (Å²) in [7, 11) is 0. The Morgan fingerprint density at radius 2 is 1.65 bits per heavy atom. The molecule has 0 radical (unpaired) electrons. The third-order valence-electron chi connectivity index (χ3n) is 8.72. The molecule has 1 aliphatic heterocycles. The number of carbonyl (C=O) groups excluding carboxylic acids is 1. The SMILES string of the molecule is O=C(O)C(CCCC1CCC(C2CC(=O)N2C2CCC(CCc3ncc[nH]3)CC2)CC1)C(=O)O. The first-order valence-corrected chi connectivity index (χ1v) is 13.2. The van der Waals surface area contributed by atoms with E-state index in [0.29, 0.717) is 42.7 Å². The molecule has 1 unspecified atom stereocenters. The number of β-lactam (4-membered cyclic amide) rings is 1. The van der Waals surface area contributed by atoms with Gasteiger partial charge in [0.1, 0.15) is 5.82 Å². The van der Waals surface area contributed by atoms with Crippen molar-refractivity contribution in [3.63, 3.8) is 0 Å². The van der Waals surface area contributed by atoms with E-state index in [1.807, 2.05) is 12.4 Å². The number of nitrogens with one attached hydrogen (secondary N) is 1. The molecule has 2 saturated carbocycles. The van der Waals surface area contributed by atoms with Gasteiger partial charge in [0.05, 0.1) is 0 Å². The van der Waals surface area contributed by atoms with Crippen molar-refractivity contribution in [1.82, 2.24) is 14.9 Å². The maximum Gasteiger partial charge on any atom is 0.317 e. The number of aromatic amines is 1. The lowest BCUT2D eigenvalue weighted by atomic mass is 9.72. The molecule has 3 N–H and O–H groups in total. The van der Waals surface area contributed by atoms with Crippen molar-refractivity contribution in [2.45, 2.75) is 102 Å². The van der Waals surface area contributed by atoms with Gasteiger partial charge in [-0.2, -0.15) is 0 Å². The summed E-state index contributed by atoms with van der Waals surface area (Å²) in [6.07, 6.45) is 17.4. The third kappa shape index (κ3) is 5.99. The maximum absolute atomic E-state index is 12.5. The summed E-state index contributed by atoms with van der Waals surface area (Å²) in [5.41, 5.74) is 0. The van der Waals surface area contributed by atoms with Crippen LogP contribution >= 0.6 is 0 Å². The number of hydrogen-bond donors (Lipinski definition) is 3. The molecule has 0 spiro atoms. The van der Waals surface area contributed by atoms with Gasteiger partial charge >= 0.3 is 11.9 Å². The van der Waals surface area contributed by atoms with E-state index < -0.39 is 17.9 Å². The fourth-order valence-electron chi connectivity index (χ4n) is 6.64. The molecule has 0 aromatic carbocycles. The van der Waals surface area contributed by atoms with Gasteiger partial charge < -0.3 is 20.1 Å². The Kier molecular flexibility index (Phi) is 8.27. The second kappa shape index (κ2) is 11.4. The van der Waals surface area contributed by atoms with E-state index in [0.717, 1.165) is 63.1 Å². The van der Waals surface area contributed by atoms with Crippen molar-refractivity contribution >= 4 is 17.8 Å². The molecule has 1 atom stereocenters. The normalized spacial score (nSPS) is 29.7. The zero-order valence-electron chi connectivity index (χ0n) is 20.0. The number of amides is 1. The molecule has 1 amide bonds. The highest BCUT2D eigenvalue weighted by Gasteiger charge is 2.46. The second-order valence-corrected chi connectivity index (χ2v) is 10.8. The van der Waals surface area contributed by atoms with E-state index in [-0.39, 0.29) is 6.42 Å². The van der Waals surface area contributed by atoms with Crippen LogP contribution < -0.4 is 0 Å². The van der Waals surface area contributed by atoms with Gasteiger partial charge in [0.15, 0.2) is 5.92 Å². The smallest absolute Gasteiger partial charge is 0.317 e. The Balaban J connectivity index is 1.17. The molecule has 8 heteroatoms. The molecule has 2 heterocycles. The lowest BCUT2D eigenvalue weighted by molar-refractivity contribution is -0.157. The van der Waals surface area contributed by atoms with E-state index in [4.69, 9.17) is 10.2 Å². The number of aromatic nitrogens is 2. The average Bonchev–Trinajstić information content (AvgIpc) is 3.33. The van der Waals surface area contributed by atoms with E-state index >= 15 is 0 Å². The molecule has 1 saturated heterocycles. The minimum absolute atomic E-state index is 0.208. The zero-order valence-corrected chi connectivity index (χ0v) is 20.0. The summed E-state index contributed by atoms with van der Waals surface area (Å²) in [5, 5.41) is 18.1. The highest BCUT2D eigenvalue weighted by Crippen LogP contribution is 2.43. The Hall–Kier alpha value is -2.38. The number of likely N-dealkylation sites (tertiary alicyclic amines) is 1. The van der Waals surface area contributed by atoms with Gasteiger partial charge in [0.25, 0.3) is 0 Å². The van der Waals surface area contributed by atoms with Gasteiger partial charge in [-0.05, 0) is 69.1 Å². The van der Waals surface area contributed by atoms with Gasteiger partial charge in [-0.1, -0.05) is 25.7 Å². The summed E-state index contributed by atoms with van der Waals surface area (Å²) in [6.45, 7) is 0. The fraction of sp³-hybridized carbons (Fsp3) is 0.769. The Morgan fingerprint density at radius 1 is 1.00 bits per heavy atom. The van der Waals surface area contributed by atoms with Crippen molar-refractivity contribution in [3.8, 4) is 0 Å². The van der Waals surface area contributed by atoms with Crippen LogP contribution in [0.4, 0.5) is 0 Å². The van der Waals surface area contributed by atoms with Crippen LogP contribution in [0.5, 0.6) is 0 Å². The van der Waals surface area contributed by atoms with Gasteiger partial charge in [-0.3, -0.25) is 14.4 Å². The predicted molar refractivity (Wildman–Crippen MR) is 126 cm³/mol. The minimum Gasteiger partial charge on any atom is -0.481 e. The van der Waals surface area contributed by atoms with Crippen LogP contribution in [0, 0.1) is 23.7 Å². The summed E-state index contributed by atoms with van der Waals surface area (Å²) in [4.78, 5) is 44.4. The first-order chi connectivity index (χ1) is 16.4. The van der Waals surface area contributed by atoms with Crippen LogP contribution in [0.2, 0.25) is 0 Å². The standard InChI is InChI=1S/C26H39N3O5/c30-24-16-22(19-9-4-17(5-10-19)2-1-3-21(25(31)32)26(33)34)29(24)20-11-6-18(7-12-20)8-13-23-27-14-15-28-23/h14-15,17-22H,1-13,16H2,(H,27,28)(H,31,32)(H,33,34). The first kappa shape index (κ1) is 24.7. The van der Waals surface area contributed by atoms with Crippen molar-refractivity contribution in [2.75, 3.05) is 0 Å². The highest BCUT2D eigenvalue weighted by molar-refractivity contribution is 5.92. The molecule has 4 rings (SSSR count). The van der Waals surface area contributed by atoms with Crippen molar-refractivity contribution in [3.05, 3.63) is 18.2 Å². The zero-order chi connectivity index (χ0) is 24.1. The number of imidazole rings is 1. The van der Waals surface area contributed by atoms with E-state index in [1.54, 1.807) is 0 Å². The van der Waals surface area contributed by atoms with Gasteiger partial charge in [0.2, 0.25) is 5.91 Å². The lowest BCUT2D eigenvalue weighted by Gasteiger charge is -2.52. The molecular weight excluding hydrogens is 434 g/mol. The summed E-state index contributed by atoms with van der Waals surface area (Å²) >= 11 is 0. The Bertz CT molecular complexity index is 811. The van der Waals surface area contributed by atoms with Crippen LogP contribution in [-0.2, 0) is 20.8 Å². The van der Waals surface area contributed by atoms with E-state index in [2.05, 4.69) is 14.9 Å². The average molecular weight is 474 g/mol. The maximum atomic E-state index is 12.5. The van der Waals surface area contributed by atoms with Crippen molar-refractivity contribution < 1.29 is 24.6 Å². The van der Waals surface area contributed by atoms with Crippen LogP contribution in [0.1, 0.15) is 89.3 Å². The molecule has 0 bridgehead atoms. The molecule has 8 nitrogen and oxygen atoms in total. The Labute approximate surface area is 201 Å². The third-order valence-corrected chi connectivity index (χ3v) is 8.72. The number of aryl methyl sites for hydroxylation is 1. The molecule has 1 aromatic heterocycles. The van der Waals surface area contributed by atoms with Gasteiger partial charge in [0, 0.05) is 37.3 Å². The number of nitrogens with zero attached hydrogens (tertiary/aromatic N) is 2. The number of H-pyrrole nitrogens is 1. The number of carboxylic acid groups (broad SMARTS) is 2. The second-order valence-electron chi connectivity index (χ2n) is 10.8. The van der Waals surface area contributed by atoms with E-state index in [9.17, 15) is 14.4 Å². The van der Waals surface area contributed by atoms with Crippen molar-refractivity contribution in [2.24, 2.45) is 23.7 Å². The minimum atomic E-state index is -1.29. The van der Waals surface area contributed by atoms with Crippen LogP contribution in [0.25, 0.3) is 0 Å². The van der Waals surface area contributed by atoms with Gasteiger partial charge in [-0.15, -0.1) is 0 Å². The first-order valence-electron chi connectivity index (χ1n) is 13.2. The molecule has 3 fully saturated rings. The van der Waals surface area contributed by atoms with E-state index in [1.165, 1.54) is 19.3 Å². The van der Waals surface area contributed by atoms with Crippen LogP contribution in [-0.4, -0.2) is 55.0 Å². The summed E-state index contributed by atoms with van der Waals surface area (Å²) < 4.78 is 0. The van der Waals surface area contributed by atoms with Gasteiger partial charge in [-0.25, -0.2) is 4.98 Å². The molecule has 1 aromatic rings. The largest absolute Gasteiger partial charge is 0.481 e. The molecule has 3 aliphatic rings. The molecular formula is C26H39N3O5. The lowest BCUT2D eigenvalue weighted by Crippen LogP contribution is -2.61. The molecule has 2 aliphatic carbocycles. The van der Waals surface area contributed by atoms with Crippen LogP contribution in [0.15, 0.2) is 12.4 Å². The Morgan fingerprint density at radius 3 is 2.24 bits per heavy atom. The monoisotopic (exact) mass is 473 g/mol. The number of carboxylic acids is 2. The number of rotatable bonds is 11. The summed E-state index contributed by atoms with van der Waals surface area (Å²) in [5.74, 6) is -0.502. The highest BCUT2D eigenvalue weighted by atomic mass is 16.4. The number of aliphatic carboxylic acids is 2. The van der Waals surface area contributed by atoms with Crippen molar-refractivity contribution in [1.29, 1.82) is 0 Å². The predicted octanol–water partition coefficient (Wildman–Crippen LogP) is 4.26. The fourth-order valence-corrected chi connectivity index (χ4v) is 6.64. The quantitative estimate of drug-likeness (QED) is 0.326. The topological polar surface area (TPSA) is 124 Å².